The number of pyridine rings is 1. The zero-order chi connectivity index (χ0) is 11.0. The second-order valence-corrected chi connectivity index (χ2v) is 3.89. The van der Waals surface area contributed by atoms with E-state index in [0.29, 0.717) is 0 Å². The second kappa shape index (κ2) is 4.87. The highest BCUT2D eigenvalue weighted by Gasteiger charge is 2.04. The van der Waals surface area contributed by atoms with Crippen molar-refractivity contribution in [2.45, 2.75) is 6.92 Å². The van der Waals surface area contributed by atoms with Gasteiger partial charge in [-0.3, -0.25) is 0 Å². The predicted molar refractivity (Wildman–Crippen MR) is 80.8 cm³/mol. The summed E-state index contributed by atoms with van der Waals surface area (Å²) >= 11 is 0. The van der Waals surface area contributed by atoms with Crippen molar-refractivity contribution >= 4 is 29.6 Å². The molecule has 2 aromatic heterocycles. The van der Waals surface area contributed by atoms with Crippen molar-refractivity contribution in [1.29, 1.82) is 0 Å². The van der Waals surface area contributed by atoms with E-state index < -0.39 is 0 Å². The molecule has 86 valence electrons. The molecule has 0 spiro atoms. The molecule has 0 fully saturated rings. The van der Waals surface area contributed by atoms with Gasteiger partial charge in [0, 0.05) is 17.5 Å². The summed E-state index contributed by atoms with van der Waals surface area (Å²) in [6.07, 6.45) is 2.08. The number of rotatable bonds is 1. The topological polar surface area (TPSA) is 17.3 Å². The van der Waals surface area contributed by atoms with Crippen LogP contribution in [0.1, 0.15) is 5.69 Å². The molecule has 3 rings (SSSR count). The molecule has 0 N–H and O–H groups in total. The van der Waals surface area contributed by atoms with E-state index in [4.69, 9.17) is 0 Å². The van der Waals surface area contributed by atoms with E-state index in [9.17, 15) is 0 Å². The van der Waals surface area contributed by atoms with Crippen molar-refractivity contribution < 1.29 is 0 Å². The van der Waals surface area contributed by atoms with Crippen LogP contribution in [-0.2, 0) is 0 Å². The van der Waals surface area contributed by atoms with Gasteiger partial charge in [-0.15, -0.1) is 24.0 Å². The first-order valence-electron chi connectivity index (χ1n) is 5.35. The van der Waals surface area contributed by atoms with Crippen LogP contribution in [0.5, 0.6) is 0 Å². The SMILES string of the molecule is Cc1cccc2nc(-c3ccccc3)cn12.I. The smallest absolute Gasteiger partial charge is 0.137 e. The number of imidazole rings is 1. The first-order chi connectivity index (χ1) is 7.84. The zero-order valence-electron chi connectivity index (χ0n) is 9.50. The Labute approximate surface area is 117 Å². The first kappa shape index (κ1) is 12.1. The Kier molecular flexibility index (Phi) is 3.47. The number of hydrogen-bond acceptors (Lipinski definition) is 1. The maximum Gasteiger partial charge on any atom is 0.137 e. The minimum atomic E-state index is 0. The van der Waals surface area contributed by atoms with Crippen molar-refractivity contribution in [3.63, 3.8) is 0 Å². The number of benzene rings is 1. The van der Waals surface area contributed by atoms with Gasteiger partial charge in [-0.2, -0.15) is 0 Å². The largest absolute Gasteiger partial charge is 0.304 e. The lowest BCUT2D eigenvalue weighted by Gasteiger charge is -1.96. The lowest BCUT2D eigenvalue weighted by atomic mass is 10.2. The van der Waals surface area contributed by atoms with Gasteiger partial charge in [-0.1, -0.05) is 36.4 Å². The molecule has 3 heteroatoms. The quantitative estimate of drug-likeness (QED) is 0.616. The van der Waals surface area contributed by atoms with Gasteiger partial charge in [0.25, 0.3) is 0 Å². The van der Waals surface area contributed by atoms with E-state index in [0.717, 1.165) is 16.9 Å². The van der Waals surface area contributed by atoms with Gasteiger partial charge in [0.2, 0.25) is 0 Å². The summed E-state index contributed by atoms with van der Waals surface area (Å²) in [6.45, 7) is 2.09. The second-order valence-electron chi connectivity index (χ2n) is 3.89. The summed E-state index contributed by atoms with van der Waals surface area (Å²) < 4.78 is 2.11. The summed E-state index contributed by atoms with van der Waals surface area (Å²) in [4.78, 5) is 4.61. The van der Waals surface area contributed by atoms with E-state index in [2.05, 4.69) is 40.7 Å². The van der Waals surface area contributed by atoms with Crippen LogP contribution in [0.4, 0.5) is 0 Å². The molecule has 0 unspecified atom stereocenters. The molecule has 0 aliphatic heterocycles. The minimum absolute atomic E-state index is 0. The third-order valence-corrected chi connectivity index (χ3v) is 2.77. The summed E-state index contributed by atoms with van der Waals surface area (Å²) in [6, 6.07) is 16.4. The Balaban J connectivity index is 0.00000108. The van der Waals surface area contributed by atoms with E-state index in [1.54, 1.807) is 0 Å². The molecule has 0 radical (unpaired) electrons. The lowest BCUT2D eigenvalue weighted by molar-refractivity contribution is 1.09. The van der Waals surface area contributed by atoms with Crippen LogP contribution in [0.2, 0.25) is 0 Å². The normalized spacial score (nSPS) is 10.2. The minimum Gasteiger partial charge on any atom is -0.304 e. The Morgan fingerprint density at radius 3 is 2.41 bits per heavy atom. The average Bonchev–Trinajstić information content (AvgIpc) is 2.76. The molecule has 0 atom stereocenters. The maximum absolute atomic E-state index is 4.61. The Hall–Kier alpha value is -1.36. The summed E-state index contributed by atoms with van der Waals surface area (Å²) in [5.74, 6) is 0. The van der Waals surface area contributed by atoms with Crippen LogP contribution in [0.15, 0.2) is 54.7 Å². The Bertz CT molecular complexity index is 629. The molecular weight excluding hydrogens is 323 g/mol. The monoisotopic (exact) mass is 336 g/mol. The highest BCUT2D eigenvalue weighted by atomic mass is 127. The standard InChI is InChI=1S/C14H12N2.HI/c1-11-6-5-9-14-15-13(10-16(11)14)12-7-3-2-4-8-12;/h2-10H,1H3;1H. The molecule has 2 nitrogen and oxygen atoms in total. The van der Waals surface area contributed by atoms with Gasteiger partial charge >= 0.3 is 0 Å². The van der Waals surface area contributed by atoms with Crippen LogP contribution in [0.25, 0.3) is 16.9 Å². The fourth-order valence-electron chi connectivity index (χ4n) is 1.90. The van der Waals surface area contributed by atoms with Crippen LogP contribution in [0, 0.1) is 6.92 Å². The third kappa shape index (κ3) is 2.20. The van der Waals surface area contributed by atoms with Crippen molar-refractivity contribution in [3.8, 4) is 11.3 Å². The van der Waals surface area contributed by atoms with E-state index in [1.807, 2.05) is 30.3 Å². The van der Waals surface area contributed by atoms with Crippen LogP contribution in [0.3, 0.4) is 0 Å². The van der Waals surface area contributed by atoms with Crippen LogP contribution >= 0.6 is 24.0 Å². The summed E-state index contributed by atoms with van der Waals surface area (Å²) in [5, 5.41) is 0. The van der Waals surface area contributed by atoms with E-state index >= 15 is 0 Å². The highest BCUT2D eigenvalue weighted by Crippen LogP contribution is 2.19. The van der Waals surface area contributed by atoms with E-state index in [-0.39, 0.29) is 24.0 Å². The molecule has 17 heavy (non-hydrogen) atoms. The van der Waals surface area contributed by atoms with Crippen LogP contribution in [-0.4, -0.2) is 9.38 Å². The number of aromatic nitrogens is 2. The lowest BCUT2D eigenvalue weighted by Crippen LogP contribution is -1.86. The Morgan fingerprint density at radius 2 is 1.71 bits per heavy atom. The van der Waals surface area contributed by atoms with E-state index in [1.165, 1.54) is 5.69 Å². The average molecular weight is 336 g/mol. The maximum atomic E-state index is 4.61. The molecule has 1 aromatic carbocycles. The molecule has 0 aliphatic rings. The van der Waals surface area contributed by atoms with Crippen LogP contribution < -0.4 is 0 Å². The molecule has 0 saturated carbocycles. The molecule has 2 heterocycles. The molecule has 0 bridgehead atoms. The Morgan fingerprint density at radius 1 is 0.941 bits per heavy atom. The van der Waals surface area contributed by atoms with Crippen molar-refractivity contribution in [2.75, 3.05) is 0 Å². The number of halogens is 1. The summed E-state index contributed by atoms with van der Waals surface area (Å²) in [7, 11) is 0. The molecule has 0 saturated heterocycles. The highest BCUT2D eigenvalue weighted by molar-refractivity contribution is 14.0. The molecular formula is C14H13IN2. The van der Waals surface area contributed by atoms with Crippen molar-refractivity contribution in [2.24, 2.45) is 0 Å². The summed E-state index contributed by atoms with van der Waals surface area (Å²) in [5.41, 5.74) is 4.38. The van der Waals surface area contributed by atoms with Gasteiger partial charge in [0.05, 0.1) is 5.69 Å². The zero-order valence-corrected chi connectivity index (χ0v) is 11.8. The number of aryl methyl sites for hydroxylation is 1. The fourth-order valence-corrected chi connectivity index (χ4v) is 1.90. The van der Waals surface area contributed by atoms with Gasteiger partial charge in [-0.25, -0.2) is 4.98 Å². The molecule has 0 aliphatic carbocycles. The van der Waals surface area contributed by atoms with Gasteiger partial charge in [0.1, 0.15) is 5.65 Å². The fraction of sp³-hybridized carbons (Fsp3) is 0.0714. The molecule has 0 amide bonds. The van der Waals surface area contributed by atoms with Crippen molar-refractivity contribution in [3.05, 3.63) is 60.4 Å². The predicted octanol–water partition coefficient (Wildman–Crippen LogP) is 3.93. The van der Waals surface area contributed by atoms with Gasteiger partial charge in [-0.05, 0) is 19.1 Å². The van der Waals surface area contributed by atoms with Crippen molar-refractivity contribution in [1.82, 2.24) is 9.38 Å². The van der Waals surface area contributed by atoms with Gasteiger partial charge < -0.3 is 4.40 Å². The van der Waals surface area contributed by atoms with Gasteiger partial charge in [0.15, 0.2) is 0 Å². The molecule has 3 aromatic rings. The number of nitrogens with zero attached hydrogens (tertiary/aromatic N) is 2. The third-order valence-electron chi connectivity index (χ3n) is 2.77. The first-order valence-corrected chi connectivity index (χ1v) is 5.35. The number of fused-ring (bicyclic) bond motifs is 1. The number of hydrogen-bond donors (Lipinski definition) is 0.